The molecule has 0 aromatic heterocycles. The molecule has 16 heteroatoms. The molecule has 0 aliphatic carbocycles. The predicted molar refractivity (Wildman–Crippen MR) is 147 cm³/mol. The van der Waals surface area contributed by atoms with E-state index in [1.54, 1.807) is 4.90 Å². The summed E-state index contributed by atoms with van der Waals surface area (Å²) >= 11 is 0. The molecule has 1 atom stereocenters. The smallest absolute Gasteiger partial charge is 0.339 e. The molecule has 1 heterocycles. The van der Waals surface area contributed by atoms with Crippen molar-refractivity contribution in [3.63, 3.8) is 0 Å². The number of nitrogens with zero attached hydrogens (tertiary/aromatic N) is 5. The molecule has 1 saturated heterocycles. The van der Waals surface area contributed by atoms with Gasteiger partial charge in [-0.1, -0.05) is 30.3 Å². The minimum Gasteiger partial charge on any atom is -0.480 e. The summed E-state index contributed by atoms with van der Waals surface area (Å²) in [6.07, 6.45) is -1.46. The SMILES string of the molecule is O=COCN1CCN(COC=O)CCN(CC(O)CN(Cc2ccccc2)CP(=O)(O)O)CCN(CC(=O)O)CC1. The Morgan fingerprint density at radius 3 is 1.83 bits per heavy atom. The maximum atomic E-state index is 11.8. The predicted octanol–water partition coefficient (Wildman–Crippen LogP) is -1.45. The van der Waals surface area contributed by atoms with E-state index in [4.69, 9.17) is 9.47 Å². The lowest BCUT2D eigenvalue weighted by molar-refractivity contribution is -0.139. The van der Waals surface area contributed by atoms with E-state index in [9.17, 15) is 38.9 Å². The van der Waals surface area contributed by atoms with E-state index in [0.717, 1.165) is 5.56 Å². The molecule has 0 spiro atoms. The first-order valence-corrected chi connectivity index (χ1v) is 15.1. The molecule has 0 radical (unpaired) electrons. The fourth-order valence-corrected chi connectivity index (χ4v) is 5.31. The van der Waals surface area contributed by atoms with Crippen molar-refractivity contribution < 1.29 is 48.4 Å². The van der Waals surface area contributed by atoms with Crippen LogP contribution in [0.2, 0.25) is 0 Å². The first-order chi connectivity index (χ1) is 19.6. The molecule has 1 unspecified atom stereocenters. The number of carbonyl (C=O) groups excluding carboxylic acids is 2. The van der Waals surface area contributed by atoms with Crippen LogP contribution in [0.25, 0.3) is 0 Å². The van der Waals surface area contributed by atoms with E-state index in [-0.39, 0.29) is 39.6 Å². The fourth-order valence-electron chi connectivity index (χ4n) is 4.57. The topological polar surface area (TPSA) is 184 Å². The quantitative estimate of drug-likeness (QED) is 0.127. The average Bonchev–Trinajstić information content (AvgIpc) is 2.90. The number of carboxylic acids is 1. The van der Waals surface area contributed by atoms with Gasteiger partial charge in [0.2, 0.25) is 0 Å². The van der Waals surface area contributed by atoms with Crippen LogP contribution in [-0.2, 0) is 35.0 Å². The summed E-state index contributed by atoms with van der Waals surface area (Å²) in [6.45, 7) is 4.49. The lowest BCUT2D eigenvalue weighted by atomic mass is 10.2. The summed E-state index contributed by atoms with van der Waals surface area (Å²) in [5.41, 5.74) is 0.849. The van der Waals surface area contributed by atoms with Crippen LogP contribution in [0.1, 0.15) is 5.56 Å². The van der Waals surface area contributed by atoms with Crippen molar-refractivity contribution in [1.82, 2.24) is 24.5 Å². The normalized spacial score (nSPS) is 18.2. The highest BCUT2D eigenvalue weighted by atomic mass is 31.2. The summed E-state index contributed by atoms with van der Waals surface area (Å²) < 4.78 is 21.7. The minimum atomic E-state index is -4.39. The van der Waals surface area contributed by atoms with Crippen LogP contribution in [-0.4, -0.2) is 161 Å². The molecule has 0 amide bonds. The molecule has 1 aromatic carbocycles. The van der Waals surface area contributed by atoms with Crippen LogP contribution in [0, 0.1) is 0 Å². The number of β-amino-alcohol motifs (C(OH)–C–C–N with tert-alkyl or cyclic N) is 1. The van der Waals surface area contributed by atoms with E-state index in [1.165, 1.54) is 4.90 Å². The van der Waals surface area contributed by atoms with Crippen LogP contribution in [0.4, 0.5) is 0 Å². The molecule has 1 aromatic rings. The minimum absolute atomic E-state index is 0.0129. The van der Waals surface area contributed by atoms with Gasteiger partial charge < -0.3 is 29.5 Å². The van der Waals surface area contributed by atoms with Crippen LogP contribution >= 0.6 is 7.60 Å². The number of carbonyl (C=O) groups is 3. The second-order valence-corrected chi connectivity index (χ2v) is 11.6. The zero-order valence-corrected chi connectivity index (χ0v) is 24.0. The number of rotatable bonds is 16. The maximum Gasteiger partial charge on any atom is 0.339 e. The van der Waals surface area contributed by atoms with Gasteiger partial charge in [0.05, 0.1) is 12.6 Å². The first kappa shape index (κ1) is 34.7. The van der Waals surface area contributed by atoms with Gasteiger partial charge in [0, 0.05) is 72.0 Å². The molecule has 4 N–H and O–H groups in total. The van der Waals surface area contributed by atoms with E-state index < -0.39 is 26.0 Å². The molecule has 1 fully saturated rings. The highest BCUT2D eigenvalue weighted by Gasteiger charge is 2.24. The number of hydrogen-bond donors (Lipinski definition) is 4. The largest absolute Gasteiger partial charge is 0.480 e. The van der Waals surface area contributed by atoms with Crippen molar-refractivity contribution in [2.75, 3.05) is 91.7 Å². The summed E-state index contributed by atoms with van der Waals surface area (Å²) in [4.78, 5) is 61.2. The molecule has 0 saturated carbocycles. The van der Waals surface area contributed by atoms with Crippen molar-refractivity contribution in [1.29, 1.82) is 0 Å². The van der Waals surface area contributed by atoms with E-state index in [0.29, 0.717) is 65.3 Å². The number of aliphatic hydroxyl groups is 1. The van der Waals surface area contributed by atoms with Crippen LogP contribution < -0.4 is 0 Å². The lowest BCUT2D eigenvalue weighted by Crippen LogP contribution is -2.49. The van der Waals surface area contributed by atoms with Gasteiger partial charge in [0.15, 0.2) is 0 Å². The number of carboxylic acid groups (broad SMARTS) is 1. The molecule has 232 valence electrons. The summed E-state index contributed by atoms with van der Waals surface area (Å²) in [5.74, 6) is -0.981. The second kappa shape index (κ2) is 18.9. The molecule has 41 heavy (non-hydrogen) atoms. The van der Waals surface area contributed by atoms with E-state index in [1.807, 2.05) is 45.0 Å². The van der Waals surface area contributed by atoms with Crippen molar-refractivity contribution >= 4 is 26.5 Å². The van der Waals surface area contributed by atoms with Crippen molar-refractivity contribution in [3.8, 4) is 0 Å². The fraction of sp³-hybridized carbons (Fsp3) is 0.640. The Morgan fingerprint density at radius 2 is 1.37 bits per heavy atom. The number of hydrogen-bond acceptors (Lipinski definition) is 12. The zero-order chi connectivity index (χ0) is 30.1. The van der Waals surface area contributed by atoms with Gasteiger partial charge in [-0.3, -0.25) is 43.4 Å². The van der Waals surface area contributed by atoms with Gasteiger partial charge in [0.1, 0.15) is 19.7 Å². The third-order valence-corrected chi connectivity index (χ3v) is 7.28. The zero-order valence-electron chi connectivity index (χ0n) is 23.1. The van der Waals surface area contributed by atoms with Crippen LogP contribution in [0.15, 0.2) is 30.3 Å². The lowest BCUT2D eigenvalue weighted by Gasteiger charge is -2.34. The Hall–Kier alpha value is -2.46. The van der Waals surface area contributed by atoms with Crippen molar-refractivity contribution in [2.24, 2.45) is 0 Å². The summed E-state index contributed by atoms with van der Waals surface area (Å²) in [6, 6.07) is 9.18. The van der Waals surface area contributed by atoms with Gasteiger partial charge in [0.25, 0.3) is 12.9 Å². The van der Waals surface area contributed by atoms with Crippen LogP contribution in [0.3, 0.4) is 0 Å². The highest BCUT2D eigenvalue weighted by Crippen LogP contribution is 2.35. The monoisotopic (exact) mass is 603 g/mol. The highest BCUT2D eigenvalue weighted by molar-refractivity contribution is 7.51. The van der Waals surface area contributed by atoms with E-state index in [2.05, 4.69) is 0 Å². The van der Waals surface area contributed by atoms with Gasteiger partial charge >= 0.3 is 13.6 Å². The number of benzene rings is 1. The summed E-state index contributed by atoms with van der Waals surface area (Å²) in [5, 5.41) is 20.4. The molecular formula is C25H42N5O10P. The third kappa shape index (κ3) is 15.9. The van der Waals surface area contributed by atoms with Gasteiger partial charge in [-0.15, -0.1) is 0 Å². The van der Waals surface area contributed by atoms with Crippen molar-refractivity contribution in [3.05, 3.63) is 35.9 Å². The average molecular weight is 604 g/mol. The maximum absolute atomic E-state index is 11.8. The Kier molecular flexibility index (Phi) is 16.0. The molecule has 1 aliphatic rings. The molecule has 2 rings (SSSR count). The Labute approximate surface area is 240 Å². The number of aliphatic hydroxyl groups excluding tert-OH is 1. The Bertz CT molecular complexity index is 956. The number of ether oxygens (including phenoxy) is 2. The second-order valence-electron chi connectivity index (χ2n) is 9.95. The van der Waals surface area contributed by atoms with E-state index >= 15 is 0 Å². The molecule has 1 aliphatic heterocycles. The standard InChI is InChI=1S/C25H42N5O10P/c31-21-39-18-28-10-8-26(6-7-27(17-25(34)35)9-11-29(13-12-28)19-40-22-32)15-24(33)16-30(20-41(36,37)38)14-23-4-2-1-3-5-23/h1-5,21-22,24,33H,6-20H2,(H,34,35)(H2,36,37,38). The molecule has 15 nitrogen and oxygen atoms in total. The van der Waals surface area contributed by atoms with Gasteiger partial charge in [-0.25, -0.2) is 0 Å². The summed E-state index contributed by atoms with van der Waals surface area (Å²) in [7, 11) is -4.39. The first-order valence-electron chi connectivity index (χ1n) is 13.3. The van der Waals surface area contributed by atoms with Crippen molar-refractivity contribution in [2.45, 2.75) is 12.6 Å². The van der Waals surface area contributed by atoms with Gasteiger partial charge in [-0.05, 0) is 5.56 Å². The number of aliphatic carboxylic acids is 1. The Balaban J connectivity index is 2.13. The van der Waals surface area contributed by atoms with Crippen LogP contribution in [0.5, 0.6) is 0 Å². The Morgan fingerprint density at radius 1 is 0.878 bits per heavy atom. The molecule has 0 bridgehead atoms. The molecular weight excluding hydrogens is 561 g/mol. The third-order valence-electron chi connectivity index (χ3n) is 6.51. The van der Waals surface area contributed by atoms with Gasteiger partial charge in [-0.2, -0.15) is 0 Å².